The number of hydrogen-bond acceptors (Lipinski definition) is 4. The standard InChI is InChI=1S/C8H10N2O3/c1-5-3-4-6(13-2)7(9)8(5)10(11)12/h3-4H,9H2,1-2H3. The maximum atomic E-state index is 10.6. The lowest BCUT2D eigenvalue weighted by Crippen LogP contribution is -2.00. The highest BCUT2D eigenvalue weighted by Gasteiger charge is 2.18. The minimum atomic E-state index is -0.507. The molecule has 0 unspecified atom stereocenters. The van der Waals surface area contributed by atoms with Crippen LogP contribution in [0.3, 0.4) is 0 Å². The van der Waals surface area contributed by atoms with Crippen LogP contribution in [-0.2, 0) is 0 Å². The van der Waals surface area contributed by atoms with E-state index in [1.165, 1.54) is 7.11 Å². The molecule has 0 aromatic heterocycles. The van der Waals surface area contributed by atoms with Crippen LogP contribution in [0.1, 0.15) is 5.56 Å². The molecule has 1 rings (SSSR count). The average molecular weight is 182 g/mol. The number of rotatable bonds is 2. The molecule has 13 heavy (non-hydrogen) atoms. The van der Waals surface area contributed by atoms with Gasteiger partial charge in [0.2, 0.25) is 0 Å². The monoisotopic (exact) mass is 182 g/mol. The number of anilines is 1. The molecule has 0 radical (unpaired) electrons. The van der Waals surface area contributed by atoms with Gasteiger partial charge in [0.15, 0.2) is 5.69 Å². The van der Waals surface area contributed by atoms with Crippen molar-refractivity contribution in [1.82, 2.24) is 0 Å². The summed E-state index contributed by atoms with van der Waals surface area (Å²) in [6.07, 6.45) is 0. The molecule has 5 heteroatoms. The second-order valence-electron chi connectivity index (χ2n) is 2.60. The highest BCUT2D eigenvalue weighted by Crippen LogP contribution is 2.33. The molecule has 2 N–H and O–H groups in total. The Labute approximate surface area is 75.3 Å². The van der Waals surface area contributed by atoms with Gasteiger partial charge in [-0.05, 0) is 19.1 Å². The van der Waals surface area contributed by atoms with E-state index in [0.717, 1.165) is 0 Å². The van der Waals surface area contributed by atoms with Crippen LogP contribution in [0.15, 0.2) is 12.1 Å². The van der Waals surface area contributed by atoms with Gasteiger partial charge in [-0.3, -0.25) is 10.1 Å². The van der Waals surface area contributed by atoms with Crippen LogP contribution in [0.2, 0.25) is 0 Å². The van der Waals surface area contributed by atoms with Gasteiger partial charge in [0.05, 0.1) is 12.0 Å². The van der Waals surface area contributed by atoms with E-state index in [9.17, 15) is 10.1 Å². The Balaban J connectivity index is 3.38. The van der Waals surface area contributed by atoms with Gasteiger partial charge in [-0.15, -0.1) is 0 Å². The van der Waals surface area contributed by atoms with Crippen LogP contribution in [0.5, 0.6) is 5.75 Å². The predicted octanol–water partition coefficient (Wildman–Crippen LogP) is 1.49. The van der Waals surface area contributed by atoms with E-state index in [1.54, 1.807) is 19.1 Å². The average Bonchev–Trinajstić information content (AvgIpc) is 2.04. The molecule has 0 aliphatic rings. The maximum absolute atomic E-state index is 10.6. The van der Waals surface area contributed by atoms with Crippen molar-refractivity contribution < 1.29 is 9.66 Å². The molecular weight excluding hydrogens is 172 g/mol. The van der Waals surface area contributed by atoms with Crippen molar-refractivity contribution in [1.29, 1.82) is 0 Å². The van der Waals surface area contributed by atoms with Crippen LogP contribution in [0.25, 0.3) is 0 Å². The van der Waals surface area contributed by atoms with Crippen molar-refractivity contribution >= 4 is 11.4 Å². The number of ether oxygens (including phenoxy) is 1. The van der Waals surface area contributed by atoms with E-state index < -0.39 is 4.92 Å². The zero-order valence-corrected chi connectivity index (χ0v) is 7.40. The fourth-order valence-corrected chi connectivity index (χ4v) is 1.12. The number of nitro benzene ring substituents is 1. The summed E-state index contributed by atoms with van der Waals surface area (Å²) in [5, 5.41) is 10.6. The molecule has 70 valence electrons. The Hall–Kier alpha value is -1.78. The molecule has 0 aliphatic carbocycles. The lowest BCUT2D eigenvalue weighted by Gasteiger charge is -2.05. The molecule has 0 amide bonds. The van der Waals surface area contributed by atoms with Crippen LogP contribution in [-0.4, -0.2) is 12.0 Å². The first-order chi connectivity index (χ1) is 6.07. The second-order valence-corrected chi connectivity index (χ2v) is 2.60. The summed E-state index contributed by atoms with van der Waals surface area (Å²) in [6, 6.07) is 3.21. The van der Waals surface area contributed by atoms with Gasteiger partial charge in [0.25, 0.3) is 5.69 Å². The summed E-state index contributed by atoms with van der Waals surface area (Å²) >= 11 is 0. The van der Waals surface area contributed by atoms with Crippen molar-refractivity contribution in [3.63, 3.8) is 0 Å². The van der Waals surface area contributed by atoms with E-state index in [2.05, 4.69) is 0 Å². The number of nitro groups is 1. The van der Waals surface area contributed by atoms with Gasteiger partial charge < -0.3 is 10.5 Å². The molecule has 1 aromatic carbocycles. The van der Waals surface area contributed by atoms with Crippen LogP contribution >= 0.6 is 0 Å². The Morgan fingerprint density at radius 3 is 2.62 bits per heavy atom. The Bertz CT molecular complexity index is 349. The van der Waals surface area contributed by atoms with Gasteiger partial charge >= 0.3 is 0 Å². The third kappa shape index (κ3) is 1.53. The van der Waals surface area contributed by atoms with Crippen molar-refractivity contribution in [3.8, 4) is 5.75 Å². The minimum absolute atomic E-state index is 0.0764. The zero-order valence-electron chi connectivity index (χ0n) is 7.40. The van der Waals surface area contributed by atoms with Crippen molar-refractivity contribution in [3.05, 3.63) is 27.8 Å². The summed E-state index contributed by atoms with van der Waals surface area (Å²) in [7, 11) is 1.42. The predicted molar refractivity (Wildman–Crippen MR) is 48.8 cm³/mol. The highest BCUT2D eigenvalue weighted by atomic mass is 16.6. The first-order valence-corrected chi connectivity index (χ1v) is 3.65. The molecule has 0 aliphatic heterocycles. The number of benzene rings is 1. The normalized spacial score (nSPS) is 9.69. The molecule has 0 bridgehead atoms. The van der Waals surface area contributed by atoms with Crippen molar-refractivity contribution in [2.45, 2.75) is 6.92 Å². The summed E-state index contributed by atoms with van der Waals surface area (Å²) in [4.78, 5) is 10.1. The van der Waals surface area contributed by atoms with Gasteiger partial charge in [-0.2, -0.15) is 0 Å². The fourth-order valence-electron chi connectivity index (χ4n) is 1.12. The third-order valence-corrected chi connectivity index (χ3v) is 1.78. The van der Waals surface area contributed by atoms with Gasteiger partial charge in [-0.1, -0.05) is 0 Å². The summed E-state index contributed by atoms with van der Waals surface area (Å²) < 4.78 is 4.86. The first-order valence-electron chi connectivity index (χ1n) is 3.65. The lowest BCUT2D eigenvalue weighted by atomic mass is 10.1. The van der Waals surface area contributed by atoms with Crippen molar-refractivity contribution in [2.24, 2.45) is 0 Å². The SMILES string of the molecule is COc1ccc(C)c([N+](=O)[O-])c1N. The van der Waals surface area contributed by atoms with Gasteiger partial charge in [0.1, 0.15) is 5.75 Å². The topological polar surface area (TPSA) is 78.4 Å². The molecular formula is C8H10N2O3. The van der Waals surface area contributed by atoms with E-state index in [-0.39, 0.29) is 11.4 Å². The number of nitrogen functional groups attached to an aromatic ring is 1. The van der Waals surface area contributed by atoms with Gasteiger partial charge in [-0.25, -0.2) is 0 Å². The summed E-state index contributed by atoms with van der Waals surface area (Å²) in [5.41, 5.74) is 6.05. The molecule has 5 nitrogen and oxygen atoms in total. The van der Waals surface area contributed by atoms with Crippen LogP contribution < -0.4 is 10.5 Å². The number of aryl methyl sites for hydroxylation is 1. The minimum Gasteiger partial charge on any atom is -0.494 e. The zero-order chi connectivity index (χ0) is 10.0. The Kier molecular flexibility index (Phi) is 2.36. The Morgan fingerprint density at radius 1 is 1.54 bits per heavy atom. The molecule has 0 saturated carbocycles. The van der Waals surface area contributed by atoms with E-state index >= 15 is 0 Å². The highest BCUT2D eigenvalue weighted by molar-refractivity contribution is 5.69. The largest absolute Gasteiger partial charge is 0.494 e. The number of hydrogen-bond donors (Lipinski definition) is 1. The summed E-state index contributed by atoms with van der Waals surface area (Å²) in [5.74, 6) is 0.331. The maximum Gasteiger partial charge on any atom is 0.298 e. The molecule has 0 atom stereocenters. The van der Waals surface area contributed by atoms with Crippen LogP contribution in [0.4, 0.5) is 11.4 Å². The summed E-state index contributed by atoms with van der Waals surface area (Å²) in [6.45, 7) is 1.63. The Morgan fingerprint density at radius 2 is 2.15 bits per heavy atom. The van der Waals surface area contributed by atoms with Crippen LogP contribution in [0, 0.1) is 17.0 Å². The van der Waals surface area contributed by atoms with E-state index in [0.29, 0.717) is 11.3 Å². The number of nitrogens with zero attached hydrogens (tertiary/aromatic N) is 1. The van der Waals surface area contributed by atoms with Gasteiger partial charge in [0, 0.05) is 5.56 Å². The number of nitrogens with two attached hydrogens (primary N) is 1. The molecule has 0 fully saturated rings. The smallest absolute Gasteiger partial charge is 0.298 e. The quantitative estimate of drug-likeness (QED) is 0.427. The van der Waals surface area contributed by atoms with Crippen molar-refractivity contribution in [2.75, 3.05) is 12.8 Å². The lowest BCUT2D eigenvalue weighted by molar-refractivity contribution is -0.384. The van der Waals surface area contributed by atoms with E-state index in [4.69, 9.17) is 10.5 Å². The molecule has 0 saturated heterocycles. The third-order valence-electron chi connectivity index (χ3n) is 1.78. The second kappa shape index (κ2) is 3.30. The fraction of sp³-hybridized carbons (Fsp3) is 0.250. The molecule has 1 aromatic rings. The number of methoxy groups -OCH3 is 1. The van der Waals surface area contributed by atoms with E-state index in [1.807, 2.05) is 0 Å². The first kappa shape index (κ1) is 9.31. The molecule has 0 heterocycles. The molecule has 0 spiro atoms.